The van der Waals surface area contributed by atoms with E-state index < -0.39 is 0 Å². The fraction of sp³-hybridized carbons (Fsp3) is 0.455. The molecular formula is C22H30O6. The topological polar surface area (TPSA) is 66.4 Å². The van der Waals surface area contributed by atoms with Crippen LogP contribution >= 0.6 is 0 Å². The number of aliphatic hydroxyl groups is 1. The van der Waals surface area contributed by atoms with Gasteiger partial charge in [0.1, 0.15) is 11.5 Å². The van der Waals surface area contributed by atoms with Crippen molar-refractivity contribution in [3.8, 4) is 22.6 Å². The van der Waals surface area contributed by atoms with Crippen LogP contribution in [0.15, 0.2) is 36.4 Å². The van der Waals surface area contributed by atoms with E-state index in [1.807, 2.05) is 24.3 Å². The molecule has 0 heterocycles. The summed E-state index contributed by atoms with van der Waals surface area (Å²) >= 11 is 0. The minimum Gasteiger partial charge on any atom is -0.467 e. The standard InChI is InChI=1S/C22H30O6/c1-4-18-19(10-12-26-13-11-23)22(17-8-6-5-7-9-17)21(28-16-25-3)14-20(18)27-15-24-2/h5-9,14,23H,4,10-13,15-16H2,1-3H3. The predicted molar refractivity (Wildman–Crippen MR) is 108 cm³/mol. The molecule has 0 spiro atoms. The van der Waals surface area contributed by atoms with E-state index in [0.29, 0.717) is 25.4 Å². The SMILES string of the molecule is CCc1c(OCOC)cc(OCOC)c(-c2ccccc2)c1CCOCCO. The van der Waals surface area contributed by atoms with Crippen LogP contribution in [0.5, 0.6) is 11.5 Å². The average Bonchev–Trinajstić information content (AvgIpc) is 2.73. The van der Waals surface area contributed by atoms with Gasteiger partial charge in [0.15, 0.2) is 13.6 Å². The summed E-state index contributed by atoms with van der Waals surface area (Å²) < 4.78 is 27.5. The van der Waals surface area contributed by atoms with Crippen molar-refractivity contribution in [1.29, 1.82) is 0 Å². The van der Waals surface area contributed by atoms with E-state index in [2.05, 4.69) is 19.1 Å². The normalized spacial score (nSPS) is 10.9. The second-order valence-electron chi connectivity index (χ2n) is 6.11. The van der Waals surface area contributed by atoms with Crippen LogP contribution in [0.3, 0.4) is 0 Å². The fourth-order valence-electron chi connectivity index (χ4n) is 3.14. The van der Waals surface area contributed by atoms with E-state index in [-0.39, 0.29) is 20.2 Å². The first-order valence-electron chi connectivity index (χ1n) is 9.43. The minimum absolute atomic E-state index is 0.00532. The summed E-state index contributed by atoms with van der Waals surface area (Å²) in [5, 5.41) is 8.99. The van der Waals surface area contributed by atoms with Crippen LogP contribution in [0.25, 0.3) is 11.1 Å². The maximum atomic E-state index is 8.99. The number of methoxy groups -OCH3 is 2. The third-order valence-electron chi connectivity index (χ3n) is 4.28. The molecule has 0 amide bonds. The Morgan fingerprint density at radius 3 is 2.14 bits per heavy atom. The molecule has 0 atom stereocenters. The molecule has 0 radical (unpaired) electrons. The van der Waals surface area contributed by atoms with E-state index in [4.69, 9.17) is 28.8 Å². The van der Waals surface area contributed by atoms with Crippen molar-refractivity contribution in [2.24, 2.45) is 0 Å². The molecular weight excluding hydrogens is 360 g/mol. The van der Waals surface area contributed by atoms with Crippen LogP contribution in [0, 0.1) is 0 Å². The number of aliphatic hydroxyl groups excluding tert-OH is 1. The molecule has 0 saturated heterocycles. The molecule has 0 aliphatic carbocycles. The molecule has 0 saturated carbocycles. The van der Waals surface area contributed by atoms with Crippen LogP contribution in [0.4, 0.5) is 0 Å². The molecule has 28 heavy (non-hydrogen) atoms. The van der Waals surface area contributed by atoms with Gasteiger partial charge in [-0.25, -0.2) is 0 Å². The summed E-state index contributed by atoms with van der Waals surface area (Å²) in [6, 6.07) is 12.0. The molecule has 2 aromatic rings. The van der Waals surface area contributed by atoms with Gasteiger partial charge < -0.3 is 28.8 Å². The average molecular weight is 390 g/mol. The van der Waals surface area contributed by atoms with Crippen LogP contribution in [0.2, 0.25) is 0 Å². The van der Waals surface area contributed by atoms with Gasteiger partial charge >= 0.3 is 0 Å². The Morgan fingerprint density at radius 1 is 0.857 bits per heavy atom. The molecule has 154 valence electrons. The van der Waals surface area contributed by atoms with Crippen molar-refractivity contribution in [2.45, 2.75) is 19.8 Å². The maximum Gasteiger partial charge on any atom is 0.188 e. The predicted octanol–water partition coefficient (Wildman–Crippen LogP) is 3.43. The molecule has 0 bridgehead atoms. The van der Waals surface area contributed by atoms with Crippen LogP contribution in [-0.4, -0.2) is 52.7 Å². The Kier molecular flexibility index (Phi) is 9.79. The number of rotatable bonds is 13. The third kappa shape index (κ3) is 5.94. The minimum atomic E-state index is 0.00532. The summed E-state index contributed by atoms with van der Waals surface area (Å²) in [6.07, 6.45) is 1.46. The van der Waals surface area contributed by atoms with E-state index in [1.165, 1.54) is 0 Å². The number of benzene rings is 2. The van der Waals surface area contributed by atoms with Gasteiger partial charge in [-0.15, -0.1) is 0 Å². The molecule has 6 heteroatoms. The van der Waals surface area contributed by atoms with Gasteiger partial charge in [-0.05, 0) is 29.5 Å². The summed E-state index contributed by atoms with van der Waals surface area (Å²) in [7, 11) is 3.19. The molecule has 0 unspecified atom stereocenters. The second-order valence-corrected chi connectivity index (χ2v) is 6.11. The molecule has 6 nitrogen and oxygen atoms in total. The summed E-state index contributed by atoms with van der Waals surface area (Å²) in [4.78, 5) is 0. The van der Waals surface area contributed by atoms with Crippen molar-refractivity contribution in [1.82, 2.24) is 0 Å². The molecule has 2 rings (SSSR count). The highest BCUT2D eigenvalue weighted by atomic mass is 16.7. The van der Waals surface area contributed by atoms with Crippen molar-refractivity contribution in [2.75, 3.05) is 47.6 Å². The van der Waals surface area contributed by atoms with E-state index >= 15 is 0 Å². The maximum absolute atomic E-state index is 8.99. The van der Waals surface area contributed by atoms with E-state index in [9.17, 15) is 0 Å². The van der Waals surface area contributed by atoms with Crippen LogP contribution in [0.1, 0.15) is 18.1 Å². The Bertz CT molecular complexity index is 702. The van der Waals surface area contributed by atoms with Gasteiger partial charge in [0.2, 0.25) is 0 Å². The van der Waals surface area contributed by atoms with Crippen LogP contribution in [-0.2, 0) is 27.1 Å². The van der Waals surface area contributed by atoms with E-state index in [1.54, 1.807) is 14.2 Å². The van der Waals surface area contributed by atoms with Crippen molar-refractivity contribution < 1.29 is 28.8 Å². The van der Waals surface area contributed by atoms with Crippen LogP contribution < -0.4 is 9.47 Å². The quantitative estimate of drug-likeness (QED) is 0.418. The molecule has 1 N–H and O–H groups in total. The summed E-state index contributed by atoms with van der Waals surface area (Å²) in [5.41, 5.74) is 4.25. The van der Waals surface area contributed by atoms with Gasteiger partial charge in [0, 0.05) is 25.8 Å². The number of hydrogen-bond acceptors (Lipinski definition) is 6. The Morgan fingerprint density at radius 2 is 1.54 bits per heavy atom. The zero-order chi connectivity index (χ0) is 20.2. The first kappa shape index (κ1) is 22.2. The van der Waals surface area contributed by atoms with Gasteiger partial charge in [-0.1, -0.05) is 37.3 Å². The van der Waals surface area contributed by atoms with Crippen molar-refractivity contribution in [3.63, 3.8) is 0 Å². The molecule has 2 aromatic carbocycles. The fourth-order valence-corrected chi connectivity index (χ4v) is 3.14. The highest BCUT2D eigenvalue weighted by Gasteiger charge is 2.20. The highest BCUT2D eigenvalue weighted by molar-refractivity contribution is 5.77. The largest absolute Gasteiger partial charge is 0.467 e. The lowest BCUT2D eigenvalue weighted by Gasteiger charge is -2.22. The zero-order valence-electron chi connectivity index (χ0n) is 16.9. The second kappa shape index (κ2) is 12.4. The Hall–Kier alpha value is -2.12. The molecule has 0 aliphatic rings. The lowest BCUT2D eigenvalue weighted by atomic mass is 9.90. The van der Waals surface area contributed by atoms with Gasteiger partial charge in [0.05, 0.1) is 19.8 Å². The van der Waals surface area contributed by atoms with E-state index in [0.717, 1.165) is 34.4 Å². The van der Waals surface area contributed by atoms with Gasteiger partial charge in [0.25, 0.3) is 0 Å². The molecule has 0 fully saturated rings. The first-order chi connectivity index (χ1) is 13.8. The summed E-state index contributed by atoms with van der Waals surface area (Å²) in [6.45, 7) is 3.19. The van der Waals surface area contributed by atoms with Crippen molar-refractivity contribution >= 4 is 0 Å². The lowest BCUT2D eigenvalue weighted by Crippen LogP contribution is -2.11. The monoisotopic (exact) mass is 390 g/mol. The zero-order valence-corrected chi connectivity index (χ0v) is 16.9. The van der Waals surface area contributed by atoms with Gasteiger partial charge in [-0.2, -0.15) is 0 Å². The number of ether oxygens (including phenoxy) is 5. The molecule has 0 aromatic heterocycles. The highest BCUT2D eigenvalue weighted by Crippen LogP contribution is 2.41. The van der Waals surface area contributed by atoms with Gasteiger partial charge in [-0.3, -0.25) is 0 Å². The lowest BCUT2D eigenvalue weighted by molar-refractivity contribution is 0.0456. The first-order valence-corrected chi connectivity index (χ1v) is 9.43. The Labute approximate surface area is 166 Å². The number of hydrogen-bond donors (Lipinski definition) is 1. The summed E-state index contributed by atoms with van der Waals surface area (Å²) in [5.74, 6) is 1.42. The Balaban J connectivity index is 2.57. The molecule has 0 aliphatic heterocycles. The van der Waals surface area contributed by atoms with Crippen molar-refractivity contribution in [3.05, 3.63) is 47.5 Å². The smallest absolute Gasteiger partial charge is 0.188 e. The third-order valence-corrected chi connectivity index (χ3v) is 4.28.